The van der Waals surface area contributed by atoms with Crippen molar-refractivity contribution in [3.63, 3.8) is 0 Å². The standard InChI is InChI=1S/C14H18BrN5/c1-20(2)10-9-16-13-7-8-17-14(19-13)18-12-6-4-3-5-11(12)15/h3-8H,9-10H2,1-2H3,(H2,16,17,18,19). The molecule has 0 fully saturated rings. The molecule has 1 heterocycles. The zero-order chi connectivity index (χ0) is 14.4. The van der Waals surface area contributed by atoms with E-state index >= 15 is 0 Å². The van der Waals surface area contributed by atoms with E-state index in [4.69, 9.17) is 0 Å². The number of anilines is 3. The molecule has 0 amide bonds. The maximum Gasteiger partial charge on any atom is 0.229 e. The Balaban J connectivity index is 2.01. The number of benzene rings is 1. The quantitative estimate of drug-likeness (QED) is 0.849. The summed E-state index contributed by atoms with van der Waals surface area (Å²) in [6, 6.07) is 9.74. The first-order chi connectivity index (χ1) is 9.65. The molecule has 20 heavy (non-hydrogen) atoms. The van der Waals surface area contributed by atoms with E-state index in [2.05, 4.69) is 41.4 Å². The lowest BCUT2D eigenvalue weighted by Crippen LogP contribution is -2.21. The molecule has 5 nitrogen and oxygen atoms in total. The van der Waals surface area contributed by atoms with Crippen molar-refractivity contribution in [2.45, 2.75) is 0 Å². The van der Waals surface area contributed by atoms with Crippen LogP contribution in [0.4, 0.5) is 17.5 Å². The lowest BCUT2D eigenvalue weighted by Gasteiger charge is -2.12. The topological polar surface area (TPSA) is 53.1 Å². The van der Waals surface area contributed by atoms with E-state index < -0.39 is 0 Å². The molecule has 2 rings (SSSR count). The Morgan fingerprint density at radius 1 is 1.20 bits per heavy atom. The third kappa shape index (κ3) is 4.47. The van der Waals surface area contributed by atoms with Crippen LogP contribution in [0.5, 0.6) is 0 Å². The molecular weight excluding hydrogens is 318 g/mol. The van der Waals surface area contributed by atoms with Gasteiger partial charge in [-0.3, -0.25) is 0 Å². The molecule has 0 aliphatic carbocycles. The van der Waals surface area contributed by atoms with Crippen LogP contribution < -0.4 is 10.6 Å². The predicted molar refractivity (Wildman–Crippen MR) is 86.5 cm³/mol. The first-order valence-corrected chi connectivity index (χ1v) is 7.17. The average Bonchev–Trinajstić information content (AvgIpc) is 2.41. The summed E-state index contributed by atoms with van der Waals surface area (Å²) in [7, 11) is 4.09. The lowest BCUT2D eigenvalue weighted by atomic mass is 10.3. The second kappa shape index (κ2) is 7.21. The number of rotatable bonds is 6. The van der Waals surface area contributed by atoms with Crippen molar-refractivity contribution < 1.29 is 0 Å². The summed E-state index contributed by atoms with van der Waals surface area (Å²) in [6.07, 6.45) is 1.74. The number of hydrogen-bond donors (Lipinski definition) is 2. The molecule has 0 spiro atoms. The molecular formula is C14H18BrN5. The summed E-state index contributed by atoms with van der Waals surface area (Å²) < 4.78 is 0.981. The number of nitrogens with zero attached hydrogens (tertiary/aromatic N) is 3. The summed E-state index contributed by atoms with van der Waals surface area (Å²) in [5.41, 5.74) is 0.943. The van der Waals surface area contributed by atoms with Gasteiger partial charge in [-0.15, -0.1) is 0 Å². The largest absolute Gasteiger partial charge is 0.369 e. The minimum Gasteiger partial charge on any atom is -0.369 e. The van der Waals surface area contributed by atoms with Gasteiger partial charge in [-0.05, 0) is 48.2 Å². The third-order valence-electron chi connectivity index (χ3n) is 2.64. The molecule has 0 radical (unpaired) electrons. The molecule has 2 N–H and O–H groups in total. The Morgan fingerprint density at radius 2 is 2.00 bits per heavy atom. The molecule has 106 valence electrons. The maximum absolute atomic E-state index is 4.43. The van der Waals surface area contributed by atoms with Crippen molar-refractivity contribution in [1.82, 2.24) is 14.9 Å². The summed E-state index contributed by atoms with van der Waals surface area (Å²) in [5.74, 6) is 1.39. The van der Waals surface area contributed by atoms with Crippen LogP contribution >= 0.6 is 15.9 Å². The lowest BCUT2D eigenvalue weighted by molar-refractivity contribution is 0.425. The van der Waals surface area contributed by atoms with E-state index in [1.54, 1.807) is 6.20 Å². The van der Waals surface area contributed by atoms with Crippen LogP contribution in [-0.4, -0.2) is 42.1 Å². The summed E-state index contributed by atoms with van der Waals surface area (Å²) >= 11 is 3.49. The molecule has 6 heteroatoms. The molecule has 0 saturated carbocycles. The fraction of sp³-hybridized carbons (Fsp3) is 0.286. The zero-order valence-corrected chi connectivity index (χ0v) is 13.2. The zero-order valence-electron chi connectivity index (χ0n) is 11.6. The van der Waals surface area contributed by atoms with Crippen molar-refractivity contribution in [1.29, 1.82) is 0 Å². The van der Waals surface area contributed by atoms with Gasteiger partial charge in [0.2, 0.25) is 5.95 Å². The number of hydrogen-bond acceptors (Lipinski definition) is 5. The Morgan fingerprint density at radius 3 is 2.75 bits per heavy atom. The predicted octanol–water partition coefficient (Wildman–Crippen LogP) is 2.96. The number of halogens is 1. The van der Waals surface area contributed by atoms with E-state index in [9.17, 15) is 0 Å². The second-order valence-corrected chi connectivity index (χ2v) is 5.45. The van der Waals surface area contributed by atoms with Crippen molar-refractivity contribution in [2.24, 2.45) is 0 Å². The van der Waals surface area contributed by atoms with Crippen LogP contribution in [0.25, 0.3) is 0 Å². The van der Waals surface area contributed by atoms with Crippen LogP contribution in [0, 0.1) is 0 Å². The molecule has 2 aromatic rings. The fourth-order valence-corrected chi connectivity index (χ4v) is 1.99. The van der Waals surface area contributed by atoms with E-state index in [0.717, 1.165) is 29.1 Å². The van der Waals surface area contributed by atoms with E-state index in [-0.39, 0.29) is 0 Å². The van der Waals surface area contributed by atoms with Crippen molar-refractivity contribution in [3.05, 3.63) is 41.0 Å². The van der Waals surface area contributed by atoms with Gasteiger partial charge in [0.05, 0.1) is 5.69 Å². The van der Waals surface area contributed by atoms with Gasteiger partial charge in [0.15, 0.2) is 0 Å². The summed E-state index contributed by atoms with van der Waals surface area (Å²) in [6.45, 7) is 1.80. The molecule has 1 aromatic heterocycles. The number of likely N-dealkylation sites (N-methyl/N-ethyl adjacent to an activating group) is 1. The highest BCUT2D eigenvalue weighted by Gasteiger charge is 2.02. The number of para-hydroxylation sites is 1. The molecule has 0 unspecified atom stereocenters. The van der Waals surface area contributed by atoms with Gasteiger partial charge in [-0.1, -0.05) is 12.1 Å². The Hall–Kier alpha value is -1.66. The first-order valence-electron chi connectivity index (χ1n) is 6.38. The molecule has 0 saturated heterocycles. The summed E-state index contributed by atoms with van der Waals surface area (Å²) in [5, 5.41) is 6.46. The van der Waals surface area contributed by atoms with Gasteiger partial charge in [0.1, 0.15) is 5.82 Å². The van der Waals surface area contributed by atoms with Gasteiger partial charge < -0.3 is 15.5 Å². The van der Waals surface area contributed by atoms with Crippen molar-refractivity contribution in [2.75, 3.05) is 37.8 Å². The highest BCUT2D eigenvalue weighted by Crippen LogP contribution is 2.23. The normalized spacial score (nSPS) is 10.6. The summed E-state index contributed by atoms with van der Waals surface area (Å²) in [4.78, 5) is 10.8. The van der Waals surface area contributed by atoms with Gasteiger partial charge in [0, 0.05) is 23.8 Å². The molecule has 0 aliphatic rings. The smallest absolute Gasteiger partial charge is 0.229 e. The van der Waals surface area contributed by atoms with E-state index in [1.807, 2.05) is 44.4 Å². The van der Waals surface area contributed by atoms with Gasteiger partial charge >= 0.3 is 0 Å². The van der Waals surface area contributed by atoms with E-state index in [0.29, 0.717) is 5.95 Å². The van der Waals surface area contributed by atoms with Gasteiger partial charge in [-0.2, -0.15) is 4.98 Å². The van der Waals surface area contributed by atoms with Crippen LogP contribution in [0.3, 0.4) is 0 Å². The fourth-order valence-electron chi connectivity index (χ4n) is 1.61. The maximum atomic E-state index is 4.43. The monoisotopic (exact) mass is 335 g/mol. The van der Waals surface area contributed by atoms with Crippen molar-refractivity contribution in [3.8, 4) is 0 Å². The SMILES string of the molecule is CN(C)CCNc1ccnc(Nc2ccccc2Br)n1. The molecule has 0 bridgehead atoms. The van der Waals surface area contributed by atoms with E-state index in [1.165, 1.54) is 0 Å². The third-order valence-corrected chi connectivity index (χ3v) is 3.33. The Kier molecular flexibility index (Phi) is 5.31. The molecule has 0 atom stereocenters. The molecule has 0 aliphatic heterocycles. The highest BCUT2D eigenvalue weighted by molar-refractivity contribution is 9.10. The number of aromatic nitrogens is 2. The first kappa shape index (κ1) is 14.7. The van der Waals surface area contributed by atoms with Gasteiger partial charge in [0.25, 0.3) is 0 Å². The molecule has 1 aromatic carbocycles. The van der Waals surface area contributed by atoms with Crippen LogP contribution in [0.15, 0.2) is 41.0 Å². The van der Waals surface area contributed by atoms with Crippen LogP contribution in [0.2, 0.25) is 0 Å². The van der Waals surface area contributed by atoms with Crippen molar-refractivity contribution >= 4 is 33.4 Å². The number of nitrogens with one attached hydrogen (secondary N) is 2. The minimum absolute atomic E-state index is 0.576. The average molecular weight is 336 g/mol. The Labute approximate surface area is 127 Å². The highest BCUT2D eigenvalue weighted by atomic mass is 79.9. The van der Waals surface area contributed by atoms with Crippen LogP contribution in [0.1, 0.15) is 0 Å². The van der Waals surface area contributed by atoms with Gasteiger partial charge in [-0.25, -0.2) is 4.98 Å². The Bertz CT molecular complexity index is 559. The minimum atomic E-state index is 0.576. The second-order valence-electron chi connectivity index (χ2n) is 4.60. The van der Waals surface area contributed by atoms with Crippen LogP contribution in [-0.2, 0) is 0 Å².